The number of aliphatic imine (C=N–C) groups is 1. The lowest BCUT2D eigenvalue weighted by Crippen LogP contribution is -2.56. The highest BCUT2D eigenvalue weighted by Crippen LogP contribution is 2.38. The van der Waals surface area contributed by atoms with Crippen LogP contribution in [0.5, 0.6) is 0 Å². The number of nitrogens with one attached hydrogen (secondary N) is 3. The van der Waals surface area contributed by atoms with Gasteiger partial charge < -0.3 is 20.7 Å². The third-order valence-electron chi connectivity index (χ3n) is 5.85. The van der Waals surface area contributed by atoms with Gasteiger partial charge in [0.05, 0.1) is 17.8 Å². The van der Waals surface area contributed by atoms with Crippen molar-refractivity contribution in [1.29, 1.82) is 0 Å². The number of hydrogen-bond acceptors (Lipinski definition) is 5. The summed E-state index contributed by atoms with van der Waals surface area (Å²) in [6.07, 6.45) is 5.79. The summed E-state index contributed by atoms with van der Waals surface area (Å²) in [7, 11) is 0. The number of carbonyl (C=O) groups is 2. The number of aldehydes is 1. The number of amides is 1. The molecular formula is C19H24N4O2. The van der Waals surface area contributed by atoms with Crippen LogP contribution in [0.15, 0.2) is 23.2 Å². The van der Waals surface area contributed by atoms with Crippen molar-refractivity contribution in [3.8, 4) is 0 Å². The van der Waals surface area contributed by atoms with Gasteiger partial charge in [-0.25, -0.2) is 0 Å². The molecule has 1 saturated carbocycles. The molecule has 1 aromatic rings. The van der Waals surface area contributed by atoms with Crippen LogP contribution >= 0.6 is 0 Å². The number of para-hydroxylation sites is 1. The Labute approximate surface area is 147 Å². The van der Waals surface area contributed by atoms with Crippen molar-refractivity contribution in [2.75, 3.05) is 11.9 Å². The summed E-state index contributed by atoms with van der Waals surface area (Å²) in [5.41, 5.74) is 2.95. The Morgan fingerprint density at radius 3 is 3.08 bits per heavy atom. The van der Waals surface area contributed by atoms with Crippen LogP contribution in [0.1, 0.15) is 30.4 Å². The molecule has 1 fully saturated rings. The van der Waals surface area contributed by atoms with Crippen molar-refractivity contribution in [1.82, 2.24) is 10.6 Å². The number of benzene rings is 1. The fourth-order valence-corrected chi connectivity index (χ4v) is 4.44. The standard InChI is InChI=1S/C19H24N4O2/c1-12-3-2-4-13-7-15(23-17(12)13)18(25)22-14-5-6-16-19(8-14,10-24)9-20-11-21-16/h2-4,10-11,14-16,23H,5-9H2,1H3,(H,20,21)(H,22,25). The normalized spacial score (nSPS) is 32.8. The average molecular weight is 340 g/mol. The number of rotatable bonds is 3. The van der Waals surface area contributed by atoms with E-state index in [9.17, 15) is 9.59 Å². The minimum atomic E-state index is -0.492. The molecule has 2 heterocycles. The molecule has 0 saturated heterocycles. The number of carbonyl (C=O) groups excluding carboxylic acids is 2. The summed E-state index contributed by atoms with van der Waals surface area (Å²) in [4.78, 5) is 28.9. The maximum atomic E-state index is 12.7. The second-order valence-electron chi connectivity index (χ2n) is 7.52. The summed E-state index contributed by atoms with van der Waals surface area (Å²) < 4.78 is 0. The maximum Gasteiger partial charge on any atom is 0.243 e. The molecule has 4 rings (SSSR count). The van der Waals surface area contributed by atoms with Gasteiger partial charge in [-0.05, 0) is 37.3 Å². The van der Waals surface area contributed by atoms with Crippen LogP contribution in [-0.2, 0) is 16.0 Å². The van der Waals surface area contributed by atoms with Gasteiger partial charge >= 0.3 is 0 Å². The second kappa shape index (κ2) is 6.17. The van der Waals surface area contributed by atoms with Crippen LogP contribution in [0.25, 0.3) is 0 Å². The summed E-state index contributed by atoms with van der Waals surface area (Å²) in [5.74, 6) is 0.0207. The summed E-state index contributed by atoms with van der Waals surface area (Å²) in [6, 6.07) is 5.98. The van der Waals surface area contributed by atoms with Gasteiger partial charge in [0.1, 0.15) is 12.3 Å². The van der Waals surface area contributed by atoms with Gasteiger partial charge in [-0.1, -0.05) is 18.2 Å². The van der Waals surface area contributed by atoms with E-state index < -0.39 is 5.41 Å². The van der Waals surface area contributed by atoms with Crippen LogP contribution in [0, 0.1) is 12.3 Å². The predicted octanol–water partition coefficient (Wildman–Crippen LogP) is 1.19. The van der Waals surface area contributed by atoms with E-state index in [1.165, 1.54) is 11.1 Å². The lowest BCUT2D eigenvalue weighted by atomic mass is 9.69. The minimum absolute atomic E-state index is 0.0207. The molecule has 3 N–H and O–H groups in total. The zero-order chi connectivity index (χ0) is 17.4. The number of hydrogen-bond donors (Lipinski definition) is 3. The Kier molecular flexibility index (Phi) is 3.98. The van der Waals surface area contributed by atoms with Gasteiger partial charge in [-0.2, -0.15) is 0 Å². The third kappa shape index (κ3) is 2.79. The highest BCUT2D eigenvalue weighted by Gasteiger charge is 2.46. The number of aryl methyl sites for hydroxylation is 1. The van der Waals surface area contributed by atoms with E-state index in [1.807, 2.05) is 6.07 Å². The van der Waals surface area contributed by atoms with Crippen LogP contribution < -0.4 is 16.0 Å². The predicted molar refractivity (Wildman–Crippen MR) is 96.9 cm³/mol. The molecule has 6 nitrogen and oxygen atoms in total. The largest absolute Gasteiger partial charge is 0.375 e. The smallest absolute Gasteiger partial charge is 0.243 e. The van der Waals surface area contributed by atoms with Gasteiger partial charge in [-0.3, -0.25) is 9.79 Å². The second-order valence-corrected chi connectivity index (χ2v) is 7.52. The van der Waals surface area contributed by atoms with E-state index in [-0.39, 0.29) is 24.0 Å². The van der Waals surface area contributed by atoms with Crippen molar-refractivity contribution in [2.24, 2.45) is 10.4 Å². The molecule has 25 heavy (non-hydrogen) atoms. The van der Waals surface area contributed by atoms with Crippen molar-refractivity contribution in [3.63, 3.8) is 0 Å². The van der Waals surface area contributed by atoms with Gasteiger partial charge in [0.2, 0.25) is 5.91 Å². The molecule has 1 amide bonds. The number of fused-ring (bicyclic) bond motifs is 2. The zero-order valence-electron chi connectivity index (χ0n) is 14.4. The van der Waals surface area contributed by atoms with E-state index in [0.29, 0.717) is 19.4 Å². The summed E-state index contributed by atoms with van der Waals surface area (Å²) in [6.45, 7) is 2.65. The van der Waals surface area contributed by atoms with E-state index in [1.54, 1.807) is 6.34 Å². The van der Waals surface area contributed by atoms with Gasteiger partial charge in [0, 0.05) is 24.7 Å². The van der Waals surface area contributed by atoms with Crippen molar-refractivity contribution < 1.29 is 9.59 Å². The van der Waals surface area contributed by atoms with Crippen LogP contribution in [0.3, 0.4) is 0 Å². The first kappa shape index (κ1) is 16.1. The van der Waals surface area contributed by atoms with E-state index >= 15 is 0 Å². The molecular weight excluding hydrogens is 316 g/mol. The Bertz CT molecular complexity index is 732. The first-order valence-corrected chi connectivity index (χ1v) is 8.98. The number of nitrogens with zero attached hydrogens (tertiary/aromatic N) is 1. The van der Waals surface area contributed by atoms with Gasteiger partial charge in [0.15, 0.2) is 0 Å². The molecule has 132 valence electrons. The van der Waals surface area contributed by atoms with Gasteiger partial charge in [0.25, 0.3) is 0 Å². The molecule has 0 aromatic heterocycles. The lowest BCUT2D eigenvalue weighted by molar-refractivity contribution is -0.125. The Balaban J connectivity index is 1.42. The molecule has 1 aliphatic carbocycles. The van der Waals surface area contributed by atoms with E-state index in [0.717, 1.165) is 24.8 Å². The molecule has 4 atom stereocenters. The highest BCUT2D eigenvalue weighted by atomic mass is 16.2. The monoisotopic (exact) mass is 340 g/mol. The lowest BCUT2D eigenvalue weighted by Gasteiger charge is -2.43. The molecule has 0 spiro atoms. The third-order valence-corrected chi connectivity index (χ3v) is 5.85. The molecule has 0 bridgehead atoms. The first-order valence-electron chi connectivity index (χ1n) is 8.98. The molecule has 0 radical (unpaired) electrons. The average Bonchev–Trinajstić information content (AvgIpc) is 3.07. The Morgan fingerprint density at radius 2 is 2.28 bits per heavy atom. The molecule has 4 unspecified atom stereocenters. The van der Waals surface area contributed by atoms with Crippen molar-refractivity contribution in [3.05, 3.63) is 29.3 Å². The van der Waals surface area contributed by atoms with E-state index in [2.05, 4.69) is 40.0 Å². The topological polar surface area (TPSA) is 82.6 Å². The van der Waals surface area contributed by atoms with Crippen molar-refractivity contribution in [2.45, 2.75) is 50.7 Å². The first-order chi connectivity index (χ1) is 12.1. The minimum Gasteiger partial charge on any atom is -0.375 e. The summed E-state index contributed by atoms with van der Waals surface area (Å²) in [5, 5.41) is 9.60. The molecule has 3 aliphatic rings. The molecule has 2 aliphatic heterocycles. The molecule has 6 heteroatoms. The fourth-order valence-electron chi connectivity index (χ4n) is 4.44. The number of anilines is 1. The molecule has 1 aromatic carbocycles. The van der Waals surface area contributed by atoms with E-state index in [4.69, 9.17) is 0 Å². The Morgan fingerprint density at radius 1 is 1.40 bits per heavy atom. The highest BCUT2D eigenvalue weighted by molar-refractivity contribution is 5.88. The Hall–Kier alpha value is -2.37. The van der Waals surface area contributed by atoms with Gasteiger partial charge in [-0.15, -0.1) is 0 Å². The van der Waals surface area contributed by atoms with Crippen LogP contribution in [0.4, 0.5) is 5.69 Å². The van der Waals surface area contributed by atoms with Crippen LogP contribution in [0.2, 0.25) is 0 Å². The SMILES string of the molecule is Cc1cccc2c1NC(C(=O)NC1CCC3N=CNCC3(C=O)C1)C2. The summed E-state index contributed by atoms with van der Waals surface area (Å²) >= 11 is 0. The van der Waals surface area contributed by atoms with Crippen molar-refractivity contribution >= 4 is 24.2 Å². The quantitative estimate of drug-likeness (QED) is 0.722. The maximum absolute atomic E-state index is 12.7. The zero-order valence-corrected chi connectivity index (χ0v) is 14.4. The van der Waals surface area contributed by atoms with Crippen LogP contribution in [-0.4, -0.2) is 43.2 Å². The fraction of sp³-hybridized carbons (Fsp3) is 0.526.